The molecule has 0 unspecified atom stereocenters. The molecule has 0 aliphatic rings. The average Bonchev–Trinajstić information content (AvgIpc) is 2.85. The standard InChI is InChI=1S/C13H15N3O3S2/c1-8-4-5-12(9(2)6-8)21(18,19)16-13-14-11(7-20-13)10(3)15-17/h4-7,17H,1-3H3,(H,14,16). The molecule has 8 heteroatoms. The summed E-state index contributed by atoms with van der Waals surface area (Å²) < 4.78 is 27.2. The molecule has 1 aromatic carbocycles. The van der Waals surface area contributed by atoms with Crippen molar-refractivity contribution in [2.24, 2.45) is 5.16 Å². The van der Waals surface area contributed by atoms with Gasteiger partial charge >= 0.3 is 0 Å². The van der Waals surface area contributed by atoms with Crippen molar-refractivity contribution in [1.82, 2.24) is 4.98 Å². The number of benzene rings is 1. The Labute approximate surface area is 127 Å². The molecule has 2 N–H and O–H groups in total. The van der Waals surface area contributed by atoms with Gasteiger partial charge in [0, 0.05) is 5.38 Å². The van der Waals surface area contributed by atoms with Gasteiger partial charge in [-0.2, -0.15) is 0 Å². The van der Waals surface area contributed by atoms with Gasteiger partial charge in [0.2, 0.25) is 0 Å². The highest BCUT2D eigenvalue weighted by atomic mass is 32.2. The Bertz CT molecular complexity index is 795. The summed E-state index contributed by atoms with van der Waals surface area (Å²) in [6.45, 7) is 5.23. The number of hydrogen-bond acceptors (Lipinski definition) is 6. The molecule has 0 fully saturated rings. The van der Waals surface area contributed by atoms with E-state index in [9.17, 15) is 8.42 Å². The Kier molecular flexibility index (Phi) is 4.29. The molecular formula is C13H15N3O3S2. The second-order valence-corrected chi connectivity index (χ2v) is 7.11. The first-order chi connectivity index (χ1) is 9.83. The number of nitrogens with zero attached hydrogens (tertiary/aromatic N) is 2. The van der Waals surface area contributed by atoms with Gasteiger partial charge in [-0.15, -0.1) is 11.3 Å². The summed E-state index contributed by atoms with van der Waals surface area (Å²) in [5, 5.41) is 13.6. The fourth-order valence-corrected chi connectivity index (χ4v) is 4.04. The molecule has 0 aliphatic heterocycles. The van der Waals surface area contributed by atoms with Gasteiger partial charge in [0.25, 0.3) is 10.0 Å². The Morgan fingerprint density at radius 1 is 1.38 bits per heavy atom. The maximum Gasteiger partial charge on any atom is 0.263 e. The normalized spacial score (nSPS) is 12.4. The summed E-state index contributed by atoms with van der Waals surface area (Å²) in [7, 11) is -3.68. The van der Waals surface area contributed by atoms with Crippen molar-refractivity contribution in [2.75, 3.05) is 4.72 Å². The Morgan fingerprint density at radius 3 is 2.71 bits per heavy atom. The van der Waals surface area contributed by atoms with Crippen LogP contribution in [0.4, 0.5) is 5.13 Å². The molecule has 6 nitrogen and oxygen atoms in total. The van der Waals surface area contributed by atoms with Crippen molar-refractivity contribution < 1.29 is 13.6 Å². The van der Waals surface area contributed by atoms with Gasteiger partial charge < -0.3 is 5.21 Å². The number of nitrogens with one attached hydrogen (secondary N) is 1. The summed E-state index contributed by atoms with van der Waals surface area (Å²) in [5.74, 6) is 0. The van der Waals surface area contributed by atoms with Crippen molar-refractivity contribution in [3.63, 3.8) is 0 Å². The van der Waals surface area contributed by atoms with Gasteiger partial charge in [0.15, 0.2) is 5.13 Å². The highest BCUT2D eigenvalue weighted by molar-refractivity contribution is 7.93. The van der Waals surface area contributed by atoms with E-state index in [2.05, 4.69) is 14.9 Å². The van der Waals surface area contributed by atoms with Gasteiger partial charge in [-0.05, 0) is 32.4 Å². The number of aryl methyl sites for hydroxylation is 2. The van der Waals surface area contributed by atoms with Crippen LogP contribution in [-0.2, 0) is 10.0 Å². The van der Waals surface area contributed by atoms with Crippen LogP contribution >= 0.6 is 11.3 Å². The van der Waals surface area contributed by atoms with Crippen molar-refractivity contribution in [1.29, 1.82) is 0 Å². The van der Waals surface area contributed by atoms with Crippen LogP contribution in [0, 0.1) is 13.8 Å². The van der Waals surface area contributed by atoms with Crippen LogP contribution in [0.5, 0.6) is 0 Å². The second-order valence-electron chi connectivity index (χ2n) is 4.60. The first kappa shape index (κ1) is 15.5. The molecule has 0 saturated carbocycles. The smallest absolute Gasteiger partial charge is 0.263 e. The molecule has 0 atom stereocenters. The molecule has 0 radical (unpaired) electrons. The van der Waals surface area contributed by atoms with Crippen LogP contribution in [0.1, 0.15) is 23.7 Å². The van der Waals surface area contributed by atoms with Gasteiger partial charge in [-0.3, -0.25) is 4.72 Å². The summed E-state index contributed by atoms with van der Waals surface area (Å²) >= 11 is 1.13. The van der Waals surface area contributed by atoms with E-state index >= 15 is 0 Å². The van der Waals surface area contributed by atoms with Crippen LogP contribution < -0.4 is 4.72 Å². The topological polar surface area (TPSA) is 91.7 Å². The number of rotatable bonds is 4. The van der Waals surface area contributed by atoms with Crippen LogP contribution in [-0.4, -0.2) is 24.3 Å². The van der Waals surface area contributed by atoms with Crippen molar-refractivity contribution in [2.45, 2.75) is 25.7 Å². The minimum absolute atomic E-state index is 0.220. The summed E-state index contributed by atoms with van der Waals surface area (Å²) in [4.78, 5) is 4.30. The molecule has 0 saturated heterocycles. The predicted molar refractivity (Wildman–Crippen MR) is 82.8 cm³/mol. The van der Waals surface area contributed by atoms with Gasteiger partial charge in [0.1, 0.15) is 11.4 Å². The lowest BCUT2D eigenvalue weighted by Crippen LogP contribution is -2.14. The minimum atomic E-state index is -3.68. The number of hydrogen-bond donors (Lipinski definition) is 2. The number of anilines is 1. The molecule has 0 spiro atoms. The first-order valence-electron chi connectivity index (χ1n) is 6.08. The van der Waals surface area contributed by atoms with E-state index in [1.165, 1.54) is 0 Å². The zero-order valence-electron chi connectivity index (χ0n) is 11.8. The van der Waals surface area contributed by atoms with Crippen LogP contribution in [0.2, 0.25) is 0 Å². The Morgan fingerprint density at radius 2 is 2.10 bits per heavy atom. The van der Waals surface area contributed by atoms with Crippen molar-refractivity contribution >= 4 is 32.2 Å². The van der Waals surface area contributed by atoms with Crippen LogP contribution in [0.3, 0.4) is 0 Å². The van der Waals surface area contributed by atoms with E-state index in [1.54, 1.807) is 31.4 Å². The van der Waals surface area contributed by atoms with Crippen LogP contribution in [0.15, 0.2) is 33.6 Å². The Balaban J connectivity index is 2.31. The average molecular weight is 325 g/mol. The summed E-state index contributed by atoms with van der Waals surface area (Å²) in [6.07, 6.45) is 0. The fraction of sp³-hybridized carbons (Fsp3) is 0.231. The lowest BCUT2D eigenvalue weighted by molar-refractivity contribution is 0.319. The number of thiazole rings is 1. The van der Waals surface area contributed by atoms with E-state index in [1.807, 2.05) is 13.0 Å². The predicted octanol–water partition coefficient (Wildman–Crippen LogP) is 2.76. The zero-order valence-corrected chi connectivity index (χ0v) is 13.4. The molecule has 0 bridgehead atoms. The minimum Gasteiger partial charge on any atom is -0.411 e. The lowest BCUT2D eigenvalue weighted by atomic mass is 10.2. The highest BCUT2D eigenvalue weighted by Crippen LogP contribution is 2.23. The summed E-state index contributed by atoms with van der Waals surface area (Å²) in [6, 6.07) is 5.13. The van der Waals surface area contributed by atoms with E-state index in [0.717, 1.165) is 16.9 Å². The SMILES string of the molecule is CC(=NO)c1csc(NS(=O)(=O)c2ccc(C)cc2C)n1. The van der Waals surface area contributed by atoms with E-state index in [-0.39, 0.29) is 10.0 Å². The lowest BCUT2D eigenvalue weighted by Gasteiger charge is -2.08. The maximum absolute atomic E-state index is 12.4. The van der Waals surface area contributed by atoms with Crippen molar-refractivity contribution in [3.8, 4) is 0 Å². The molecular weight excluding hydrogens is 310 g/mol. The molecule has 2 rings (SSSR count). The molecule has 0 aliphatic carbocycles. The molecule has 2 aromatic rings. The second kappa shape index (κ2) is 5.82. The third-order valence-electron chi connectivity index (χ3n) is 2.87. The third kappa shape index (κ3) is 3.40. The largest absolute Gasteiger partial charge is 0.411 e. The molecule has 21 heavy (non-hydrogen) atoms. The van der Waals surface area contributed by atoms with E-state index < -0.39 is 10.0 Å². The van der Waals surface area contributed by atoms with E-state index in [4.69, 9.17) is 5.21 Å². The first-order valence-corrected chi connectivity index (χ1v) is 8.44. The fourth-order valence-electron chi connectivity index (χ4n) is 1.81. The quantitative estimate of drug-likeness (QED) is 0.513. The molecule has 112 valence electrons. The highest BCUT2D eigenvalue weighted by Gasteiger charge is 2.18. The van der Waals surface area contributed by atoms with Gasteiger partial charge in [-0.1, -0.05) is 22.9 Å². The van der Waals surface area contributed by atoms with E-state index in [0.29, 0.717) is 17.0 Å². The molecule has 0 amide bonds. The third-order valence-corrected chi connectivity index (χ3v) is 5.25. The molecule has 1 heterocycles. The van der Waals surface area contributed by atoms with Crippen molar-refractivity contribution in [3.05, 3.63) is 40.4 Å². The number of oxime groups is 1. The number of sulfonamides is 1. The van der Waals surface area contributed by atoms with Crippen LogP contribution in [0.25, 0.3) is 0 Å². The van der Waals surface area contributed by atoms with Gasteiger partial charge in [0.05, 0.1) is 4.90 Å². The zero-order chi connectivity index (χ0) is 15.6. The monoisotopic (exact) mass is 325 g/mol. The Hall–Kier alpha value is -1.93. The molecule has 1 aromatic heterocycles. The summed E-state index contributed by atoms with van der Waals surface area (Å²) in [5.41, 5.74) is 2.43. The maximum atomic E-state index is 12.4. The number of aromatic nitrogens is 1. The van der Waals surface area contributed by atoms with Gasteiger partial charge in [-0.25, -0.2) is 13.4 Å².